The van der Waals surface area contributed by atoms with Crippen LogP contribution in [0.15, 0.2) is 12.2 Å². The van der Waals surface area contributed by atoms with Crippen LogP contribution in [-0.2, 0) is 23.9 Å². The van der Waals surface area contributed by atoms with Crippen molar-refractivity contribution in [2.24, 2.45) is 5.41 Å². The summed E-state index contributed by atoms with van der Waals surface area (Å²) < 4.78 is 11.6. The summed E-state index contributed by atoms with van der Waals surface area (Å²) in [4.78, 5) is 40.0. The number of hydrogen-bond acceptors (Lipinski definition) is 5. The number of nitrogens with zero attached hydrogens (tertiary/aromatic N) is 1. The van der Waals surface area contributed by atoms with E-state index in [1.54, 1.807) is 13.8 Å². The topological polar surface area (TPSA) is 97.0 Å². The van der Waals surface area contributed by atoms with Gasteiger partial charge in [0.25, 0.3) is 0 Å². The van der Waals surface area contributed by atoms with E-state index in [0.29, 0.717) is 26.1 Å². The maximum Gasteiger partial charge on any atom is 0.249 e. The molecule has 43 heavy (non-hydrogen) atoms. The number of amides is 3. The molecule has 248 valence electrons. The maximum absolute atomic E-state index is 12.9. The van der Waals surface area contributed by atoms with Crippen LogP contribution in [-0.4, -0.2) is 66.8 Å². The molecule has 8 heteroatoms. The molecule has 0 aromatic heterocycles. The molecule has 2 heterocycles. The lowest BCUT2D eigenvalue weighted by Crippen LogP contribution is -2.56. The minimum atomic E-state index is -0.815. The van der Waals surface area contributed by atoms with E-state index in [1.165, 1.54) is 70.6 Å². The largest absolute Gasteiger partial charge is 0.353 e. The summed E-state index contributed by atoms with van der Waals surface area (Å²) in [5.74, 6) is -0.936. The van der Waals surface area contributed by atoms with Crippen molar-refractivity contribution in [2.75, 3.05) is 26.2 Å². The summed E-state index contributed by atoms with van der Waals surface area (Å²) >= 11 is 0. The normalized spacial score (nSPS) is 21.6. The highest BCUT2D eigenvalue weighted by atomic mass is 16.7. The highest BCUT2D eigenvalue weighted by Crippen LogP contribution is 2.34. The minimum absolute atomic E-state index is 0.00147. The lowest BCUT2D eigenvalue weighted by Gasteiger charge is -2.44. The third-order valence-corrected chi connectivity index (χ3v) is 8.58. The van der Waals surface area contributed by atoms with Crippen LogP contribution in [0.5, 0.6) is 0 Å². The molecule has 2 saturated heterocycles. The number of unbranched alkanes of at least 4 members (excludes halogenated alkanes) is 11. The van der Waals surface area contributed by atoms with Crippen molar-refractivity contribution in [1.29, 1.82) is 0 Å². The Labute approximate surface area is 262 Å². The fourth-order valence-electron chi connectivity index (χ4n) is 5.84. The van der Waals surface area contributed by atoms with Crippen molar-refractivity contribution < 1.29 is 23.9 Å². The second-order valence-corrected chi connectivity index (χ2v) is 13.8. The van der Waals surface area contributed by atoms with Crippen LogP contribution in [0.2, 0.25) is 0 Å². The van der Waals surface area contributed by atoms with Gasteiger partial charge in [-0.1, -0.05) is 84.3 Å². The third kappa shape index (κ3) is 15.6. The monoisotopic (exact) mass is 605 g/mol. The van der Waals surface area contributed by atoms with Gasteiger partial charge in [-0.15, -0.1) is 0 Å². The van der Waals surface area contributed by atoms with Gasteiger partial charge in [-0.3, -0.25) is 14.4 Å². The van der Waals surface area contributed by atoms with Gasteiger partial charge in [0.1, 0.15) is 6.10 Å². The van der Waals surface area contributed by atoms with E-state index in [0.717, 1.165) is 25.7 Å². The summed E-state index contributed by atoms with van der Waals surface area (Å²) in [6, 6.07) is 0.00147. The molecule has 3 amide bonds. The summed E-state index contributed by atoms with van der Waals surface area (Å²) in [7, 11) is 0. The van der Waals surface area contributed by atoms with Crippen LogP contribution >= 0.6 is 0 Å². The van der Waals surface area contributed by atoms with Crippen LogP contribution in [0, 0.1) is 5.41 Å². The number of nitrogens with one attached hydrogen (secondary N) is 2. The fraction of sp³-hybridized carbons (Fsp3) is 0.857. The van der Waals surface area contributed by atoms with Crippen LogP contribution in [0.4, 0.5) is 0 Å². The molecule has 2 fully saturated rings. The number of hydrogen-bond donors (Lipinski definition) is 2. The molecule has 8 nitrogen and oxygen atoms in total. The Morgan fingerprint density at radius 2 is 1.49 bits per heavy atom. The average Bonchev–Trinajstić information content (AvgIpc) is 2.96. The highest BCUT2D eigenvalue weighted by molar-refractivity contribution is 5.83. The molecule has 2 aliphatic rings. The van der Waals surface area contributed by atoms with Gasteiger partial charge in [0.15, 0.2) is 5.79 Å². The Hall–Kier alpha value is -1.93. The Balaban J connectivity index is 1.52. The van der Waals surface area contributed by atoms with E-state index in [4.69, 9.17) is 9.47 Å². The van der Waals surface area contributed by atoms with Crippen LogP contribution in [0.3, 0.4) is 0 Å². The summed E-state index contributed by atoms with van der Waals surface area (Å²) in [6.07, 6.45) is 22.8. The molecule has 0 bridgehead atoms. The van der Waals surface area contributed by atoms with Gasteiger partial charge in [-0.2, -0.15) is 0 Å². The van der Waals surface area contributed by atoms with E-state index in [1.807, 2.05) is 18.7 Å². The van der Waals surface area contributed by atoms with E-state index < -0.39 is 17.3 Å². The molecule has 2 unspecified atom stereocenters. The molecular weight excluding hydrogens is 542 g/mol. The zero-order chi connectivity index (χ0) is 31.6. The number of piperidine rings is 1. The Morgan fingerprint density at radius 3 is 2.16 bits per heavy atom. The van der Waals surface area contributed by atoms with Gasteiger partial charge in [-0.25, -0.2) is 0 Å². The van der Waals surface area contributed by atoms with E-state index in [-0.39, 0.29) is 36.7 Å². The molecule has 0 aromatic rings. The smallest absolute Gasteiger partial charge is 0.249 e. The van der Waals surface area contributed by atoms with Gasteiger partial charge in [0.05, 0.1) is 6.61 Å². The lowest BCUT2D eigenvalue weighted by atomic mass is 9.85. The zero-order valence-electron chi connectivity index (χ0n) is 28.1. The molecule has 0 saturated carbocycles. The van der Waals surface area contributed by atoms with E-state index >= 15 is 0 Å². The molecule has 2 atom stereocenters. The molecule has 2 N–H and O–H groups in total. The second kappa shape index (κ2) is 20.2. The van der Waals surface area contributed by atoms with Crippen molar-refractivity contribution in [3.05, 3.63) is 12.2 Å². The summed E-state index contributed by atoms with van der Waals surface area (Å²) in [6.45, 7) is 11.7. The number of carbonyl (C=O) groups is 3. The Kier molecular flexibility index (Phi) is 17.5. The molecule has 0 aliphatic carbocycles. The van der Waals surface area contributed by atoms with Crippen LogP contribution < -0.4 is 10.6 Å². The highest BCUT2D eigenvalue weighted by Gasteiger charge is 2.45. The first-order chi connectivity index (χ1) is 20.5. The zero-order valence-corrected chi connectivity index (χ0v) is 28.1. The van der Waals surface area contributed by atoms with Gasteiger partial charge in [-0.05, 0) is 58.8 Å². The number of likely N-dealkylation sites (tertiary alicyclic amines) is 1. The van der Waals surface area contributed by atoms with Gasteiger partial charge >= 0.3 is 0 Å². The van der Waals surface area contributed by atoms with Gasteiger partial charge < -0.3 is 25.0 Å². The summed E-state index contributed by atoms with van der Waals surface area (Å²) in [5, 5.41) is 6.03. The molecular formula is C35H63N3O5. The van der Waals surface area contributed by atoms with Crippen molar-refractivity contribution in [1.82, 2.24) is 15.5 Å². The first-order valence-corrected chi connectivity index (χ1v) is 17.4. The molecule has 2 rings (SSSR count). The minimum Gasteiger partial charge on any atom is -0.353 e. The van der Waals surface area contributed by atoms with Crippen LogP contribution in [0.25, 0.3) is 0 Å². The fourth-order valence-corrected chi connectivity index (χ4v) is 5.84. The standard InChI is InChI=1S/C35H63N3O5/c1-6-7-8-9-10-11-12-13-14-15-16-17-18-19-20-23-30(39)37-29-22-21-26-38(27-29)31(40)24-25-36-33(41)32-34(2,3)28-42-35(4,5)43-32/h13-14,29,32H,6-12,15-28H2,1-5H3,(H,36,41)(H,37,39)/b14-13-. The quantitative estimate of drug-likeness (QED) is 0.117. The van der Waals surface area contributed by atoms with E-state index in [2.05, 4.69) is 29.7 Å². The number of carbonyl (C=O) groups excluding carboxylic acids is 3. The van der Waals surface area contributed by atoms with Crippen LogP contribution in [0.1, 0.15) is 144 Å². The molecule has 0 spiro atoms. The van der Waals surface area contributed by atoms with Crippen molar-refractivity contribution in [3.8, 4) is 0 Å². The van der Waals surface area contributed by atoms with Crippen molar-refractivity contribution >= 4 is 17.7 Å². The summed E-state index contributed by atoms with van der Waals surface area (Å²) in [5.41, 5.74) is -0.452. The number of ether oxygens (including phenoxy) is 2. The average molecular weight is 606 g/mol. The predicted octanol–water partition coefficient (Wildman–Crippen LogP) is 6.82. The van der Waals surface area contributed by atoms with E-state index in [9.17, 15) is 14.4 Å². The molecule has 0 aromatic carbocycles. The Bertz CT molecular complexity index is 856. The molecule has 0 radical (unpaired) electrons. The molecule has 2 aliphatic heterocycles. The lowest BCUT2D eigenvalue weighted by molar-refractivity contribution is -0.304. The SMILES string of the molecule is CCCCCCCC/C=C\CCCCCCCC(=O)NC1CCCN(C(=O)CCNC(=O)C2OC(C)(C)OCC2(C)C)C1. The predicted molar refractivity (Wildman–Crippen MR) is 174 cm³/mol. The maximum atomic E-state index is 12.9. The van der Waals surface area contributed by atoms with Crippen molar-refractivity contribution in [2.45, 2.75) is 162 Å². The second-order valence-electron chi connectivity index (χ2n) is 13.8. The van der Waals surface area contributed by atoms with Gasteiger partial charge in [0, 0.05) is 43.9 Å². The first-order valence-electron chi connectivity index (χ1n) is 17.4. The Morgan fingerprint density at radius 1 is 0.860 bits per heavy atom. The number of allylic oxidation sites excluding steroid dienone is 2. The number of rotatable bonds is 20. The van der Waals surface area contributed by atoms with Crippen molar-refractivity contribution in [3.63, 3.8) is 0 Å². The first kappa shape index (κ1) is 37.3. The third-order valence-electron chi connectivity index (χ3n) is 8.58. The van der Waals surface area contributed by atoms with Gasteiger partial charge in [0.2, 0.25) is 17.7 Å².